The van der Waals surface area contributed by atoms with E-state index in [-0.39, 0.29) is 12.8 Å². The average Bonchev–Trinajstić information content (AvgIpc) is 2.28. The van der Waals surface area contributed by atoms with Gasteiger partial charge in [-0.1, -0.05) is 12.8 Å². The minimum atomic E-state index is -3.99. The highest BCUT2D eigenvalue weighted by Crippen LogP contribution is 2.34. The first-order valence-electron chi connectivity index (χ1n) is 6.39. The third-order valence-electron chi connectivity index (χ3n) is 3.41. The Balaban J connectivity index is 2.07. The number of nitrogens with zero attached hydrogens (tertiary/aromatic N) is 1. The summed E-state index contributed by atoms with van der Waals surface area (Å²) in [7, 11) is 0. The molecular formula is C12H21ClF3N. The summed E-state index contributed by atoms with van der Waals surface area (Å²) in [4.78, 5) is 2.16. The number of rotatable bonds is 6. The topological polar surface area (TPSA) is 3.24 Å². The molecule has 0 atom stereocenters. The van der Waals surface area contributed by atoms with Gasteiger partial charge in [-0.05, 0) is 45.3 Å². The van der Waals surface area contributed by atoms with Gasteiger partial charge in [-0.15, -0.1) is 11.6 Å². The van der Waals surface area contributed by atoms with E-state index in [4.69, 9.17) is 11.6 Å². The van der Waals surface area contributed by atoms with E-state index in [1.165, 1.54) is 0 Å². The molecule has 1 saturated heterocycles. The van der Waals surface area contributed by atoms with Crippen LogP contribution >= 0.6 is 11.6 Å². The molecular weight excluding hydrogens is 251 g/mol. The van der Waals surface area contributed by atoms with Crippen LogP contribution in [-0.4, -0.2) is 36.6 Å². The smallest absolute Gasteiger partial charge is 0.303 e. The van der Waals surface area contributed by atoms with Crippen LogP contribution in [0.1, 0.15) is 38.5 Å². The van der Waals surface area contributed by atoms with Gasteiger partial charge < -0.3 is 4.90 Å². The van der Waals surface area contributed by atoms with E-state index in [0.29, 0.717) is 19.0 Å². The number of hydrogen-bond acceptors (Lipinski definition) is 1. The van der Waals surface area contributed by atoms with Gasteiger partial charge in [0.15, 0.2) is 0 Å². The van der Waals surface area contributed by atoms with Crippen molar-refractivity contribution in [2.24, 2.45) is 5.92 Å². The highest BCUT2D eigenvalue weighted by molar-refractivity contribution is 6.17. The minimum absolute atomic E-state index is 0.269. The van der Waals surface area contributed by atoms with Gasteiger partial charge in [-0.2, -0.15) is 13.2 Å². The molecule has 1 heterocycles. The van der Waals surface area contributed by atoms with Gasteiger partial charge in [-0.3, -0.25) is 0 Å². The zero-order chi connectivity index (χ0) is 12.7. The first-order chi connectivity index (χ1) is 8.04. The summed E-state index contributed by atoms with van der Waals surface area (Å²) in [5.74, 6) is -0.369. The van der Waals surface area contributed by atoms with Gasteiger partial charge in [0.2, 0.25) is 0 Å². The number of piperidine rings is 1. The van der Waals surface area contributed by atoms with Crippen LogP contribution in [0.15, 0.2) is 0 Å². The zero-order valence-electron chi connectivity index (χ0n) is 10.1. The van der Waals surface area contributed by atoms with Crippen LogP contribution < -0.4 is 0 Å². The van der Waals surface area contributed by atoms with Crippen LogP contribution in [0.3, 0.4) is 0 Å². The highest BCUT2D eigenvalue weighted by atomic mass is 35.5. The van der Waals surface area contributed by atoms with Crippen molar-refractivity contribution in [1.29, 1.82) is 0 Å². The predicted molar refractivity (Wildman–Crippen MR) is 64.4 cm³/mol. The normalized spacial score (nSPS) is 19.8. The SMILES string of the molecule is FC(F)(F)C1CCN(CCCCCCCl)CC1. The molecule has 17 heavy (non-hydrogen) atoms. The highest BCUT2D eigenvalue weighted by Gasteiger charge is 2.40. The minimum Gasteiger partial charge on any atom is -0.303 e. The molecule has 0 amide bonds. The van der Waals surface area contributed by atoms with Gasteiger partial charge in [-0.25, -0.2) is 0 Å². The van der Waals surface area contributed by atoms with Crippen molar-refractivity contribution in [2.45, 2.75) is 44.7 Å². The quantitative estimate of drug-likeness (QED) is 0.520. The lowest BCUT2D eigenvalue weighted by Crippen LogP contribution is -2.39. The Labute approximate surface area is 106 Å². The van der Waals surface area contributed by atoms with Gasteiger partial charge in [0.05, 0.1) is 5.92 Å². The predicted octanol–water partition coefficient (Wildman–Crippen LogP) is 4.06. The zero-order valence-corrected chi connectivity index (χ0v) is 10.9. The Kier molecular flexibility index (Phi) is 6.63. The van der Waals surface area contributed by atoms with E-state index < -0.39 is 12.1 Å². The van der Waals surface area contributed by atoms with Crippen molar-refractivity contribution in [2.75, 3.05) is 25.5 Å². The first-order valence-corrected chi connectivity index (χ1v) is 6.92. The van der Waals surface area contributed by atoms with Crippen LogP contribution in [0.25, 0.3) is 0 Å². The molecule has 1 aliphatic rings. The number of likely N-dealkylation sites (tertiary alicyclic amines) is 1. The molecule has 1 rings (SSSR count). The van der Waals surface area contributed by atoms with Gasteiger partial charge in [0, 0.05) is 5.88 Å². The summed E-state index contributed by atoms with van der Waals surface area (Å²) in [6.07, 6.45) is 0.919. The number of alkyl halides is 4. The molecule has 1 fully saturated rings. The second kappa shape index (κ2) is 7.47. The number of unbranched alkanes of at least 4 members (excludes halogenated alkanes) is 3. The third kappa shape index (κ3) is 5.96. The van der Waals surface area contributed by atoms with Crippen LogP contribution in [0.5, 0.6) is 0 Å². The lowest BCUT2D eigenvalue weighted by atomic mass is 9.96. The summed E-state index contributed by atoms with van der Waals surface area (Å²) >= 11 is 5.57. The van der Waals surface area contributed by atoms with Crippen LogP contribution in [0.2, 0.25) is 0 Å². The van der Waals surface area contributed by atoms with E-state index in [9.17, 15) is 13.2 Å². The molecule has 0 unspecified atom stereocenters. The standard InChI is InChI=1S/C12H21ClF3N/c13-7-3-1-2-4-8-17-9-5-11(6-10-17)12(14,15)16/h11H,1-10H2. The molecule has 0 aromatic carbocycles. The summed E-state index contributed by atoms with van der Waals surface area (Å²) < 4.78 is 37.3. The summed E-state index contributed by atoms with van der Waals surface area (Å²) in [6.45, 7) is 2.13. The fourth-order valence-electron chi connectivity index (χ4n) is 2.27. The summed E-state index contributed by atoms with van der Waals surface area (Å²) in [5.41, 5.74) is 0. The number of halogens is 4. The lowest BCUT2D eigenvalue weighted by molar-refractivity contribution is -0.185. The number of hydrogen-bond donors (Lipinski definition) is 0. The Bertz CT molecular complexity index is 200. The Morgan fingerprint density at radius 3 is 2.12 bits per heavy atom. The maximum absolute atomic E-state index is 12.4. The van der Waals surface area contributed by atoms with Crippen molar-refractivity contribution in [3.05, 3.63) is 0 Å². The van der Waals surface area contributed by atoms with Crippen molar-refractivity contribution in [3.63, 3.8) is 0 Å². The molecule has 0 saturated carbocycles. The fourth-order valence-corrected chi connectivity index (χ4v) is 2.46. The second-order valence-electron chi connectivity index (χ2n) is 4.76. The summed E-state index contributed by atoms with van der Waals surface area (Å²) in [6, 6.07) is 0. The molecule has 0 spiro atoms. The molecule has 5 heteroatoms. The van der Waals surface area contributed by atoms with Crippen LogP contribution in [-0.2, 0) is 0 Å². The largest absolute Gasteiger partial charge is 0.391 e. The van der Waals surface area contributed by atoms with Crippen molar-refractivity contribution < 1.29 is 13.2 Å². The Morgan fingerprint density at radius 1 is 1.00 bits per heavy atom. The van der Waals surface area contributed by atoms with E-state index in [0.717, 1.165) is 32.2 Å². The monoisotopic (exact) mass is 271 g/mol. The maximum atomic E-state index is 12.4. The van der Waals surface area contributed by atoms with Crippen LogP contribution in [0, 0.1) is 5.92 Å². The fraction of sp³-hybridized carbons (Fsp3) is 1.00. The van der Waals surface area contributed by atoms with E-state index in [1.54, 1.807) is 0 Å². The third-order valence-corrected chi connectivity index (χ3v) is 3.68. The molecule has 0 aromatic heterocycles. The van der Waals surface area contributed by atoms with Gasteiger partial charge in [0.25, 0.3) is 0 Å². The summed E-state index contributed by atoms with van der Waals surface area (Å²) in [5, 5.41) is 0. The molecule has 0 N–H and O–H groups in total. The van der Waals surface area contributed by atoms with Crippen molar-refractivity contribution in [1.82, 2.24) is 4.90 Å². The second-order valence-corrected chi connectivity index (χ2v) is 5.14. The maximum Gasteiger partial charge on any atom is 0.391 e. The molecule has 0 aliphatic carbocycles. The molecule has 0 aromatic rings. The van der Waals surface area contributed by atoms with E-state index >= 15 is 0 Å². The molecule has 102 valence electrons. The van der Waals surface area contributed by atoms with Crippen molar-refractivity contribution >= 4 is 11.6 Å². The Hall–Kier alpha value is 0.0400. The lowest BCUT2D eigenvalue weighted by Gasteiger charge is -2.32. The molecule has 1 nitrogen and oxygen atoms in total. The Morgan fingerprint density at radius 2 is 1.59 bits per heavy atom. The van der Waals surface area contributed by atoms with Gasteiger partial charge >= 0.3 is 6.18 Å². The van der Waals surface area contributed by atoms with E-state index in [2.05, 4.69) is 4.90 Å². The van der Waals surface area contributed by atoms with Gasteiger partial charge in [0.1, 0.15) is 0 Å². The molecule has 1 aliphatic heterocycles. The van der Waals surface area contributed by atoms with Crippen molar-refractivity contribution in [3.8, 4) is 0 Å². The average molecular weight is 272 g/mol. The van der Waals surface area contributed by atoms with Crippen LogP contribution in [0.4, 0.5) is 13.2 Å². The first kappa shape index (κ1) is 15.1. The molecule has 0 radical (unpaired) electrons. The molecule has 0 bridgehead atoms. The van der Waals surface area contributed by atoms with E-state index in [1.807, 2.05) is 0 Å².